The van der Waals surface area contributed by atoms with Crippen LogP contribution in [0.25, 0.3) is 10.4 Å². The Morgan fingerprint density at radius 1 is 1.08 bits per heavy atom. The summed E-state index contributed by atoms with van der Waals surface area (Å²) in [6.45, 7) is 0. The average molecular weight is 187 g/mol. The lowest BCUT2D eigenvalue weighted by atomic mass is 10.1. The minimum atomic E-state index is 0.630. The molecular formula is C11H7OS. The summed E-state index contributed by atoms with van der Waals surface area (Å²) < 4.78 is 0. The van der Waals surface area contributed by atoms with Crippen LogP contribution in [0, 0.1) is 0 Å². The van der Waals surface area contributed by atoms with Crippen molar-refractivity contribution >= 4 is 17.6 Å². The van der Waals surface area contributed by atoms with Crippen LogP contribution in [-0.4, -0.2) is 6.29 Å². The van der Waals surface area contributed by atoms with Crippen LogP contribution in [0.2, 0.25) is 0 Å². The summed E-state index contributed by atoms with van der Waals surface area (Å²) in [5, 5.41) is 2.00. The second kappa shape index (κ2) is 3.54. The smallest absolute Gasteiger partial charge is 0.234 e. The summed E-state index contributed by atoms with van der Waals surface area (Å²) in [5.74, 6) is 0. The fourth-order valence-electron chi connectivity index (χ4n) is 1.22. The van der Waals surface area contributed by atoms with E-state index in [-0.39, 0.29) is 0 Å². The molecule has 2 aromatic rings. The highest BCUT2D eigenvalue weighted by Gasteiger charge is 2.03. The van der Waals surface area contributed by atoms with E-state index in [1.54, 1.807) is 17.4 Å². The average Bonchev–Trinajstić information content (AvgIpc) is 2.70. The summed E-state index contributed by atoms with van der Waals surface area (Å²) >= 11 is 1.63. The van der Waals surface area contributed by atoms with Crippen LogP contribution in [-0.2, 0) is 4.79 Å². The predicted molar refractivity (Wildman–Crippen MR) is 54.6 cm³/mol. The zero-order valence-electron chi connectivity index (χ0n) is 6.86. The molecule has 0 saturated carbocycles. The SMILES string of the molecule is O=[C]c1ccccc1-c1cccs1. The molecule has 0 unspecified atom stereocenters. The first-order valence-electron chi connectivity index (χ1n) is 3.93. The van der Waals surface area contributed by atoms with Crippen LogP contribution < -0.4 is 0 Å². The van der Waals surface area contributed by atoms with E-state index in [1.165, 1.54) is 0 Å². The molecule has 0 atom stereocenters. The minimum Gasteiger partial charge on any atom is -0.285 e. The Hall–Kier alpha value is -1.41. The lowest BCUT2D eigenvalue weighted by Crippen LogP contribution is -1.83. The number of benzene rings is 1. The van der Waals surface area contributed by atoms with Gasteiger partial charge in [0.2, 0.25) is 6.29 Å². The zero-order chi connectivity index (χ0) is 9.10. The van der Waals surface area contributed by atoms with E-state index in [0.717, 1.165) is 10.4 Å². The number of rotatable bonds is 2. The van der Waals surface area contributed by atoms with Gasteiger partial charge in [-0.1, -0.05) is 30.3 Å². The summed E-state index contributed by atoms with van der Waals surface area (Å²) in [7, 11) is 0. The Morgan fingerprint density at radius 3 is 2.62 bits per heavy atom. The first-order chi connectivity index (χ1) is 6.42. The van der Waals surface area contributed by atoms with Crippen molar-refractivity contribution in [1.82, 2.24) is 0 Å². The maximum atomic E-state index is 10.6. The quantitative estimate of drug-likeness (QED) is 0.706. The van der Waals surface area contributed by atoms with Gasteiger partial charge in [0.25, 0.3) is 0 Å². The number of thiophene rings is 1. The summed E-state index contributed by atoms with van der Waals surface area (Å²) in [6, 6.07) is 11.5. The molecule has 2 heteroatoms. The third-order valence-corrected chi connectivity index (χ3v) is 2.73. The van der Waals surface area contributed by atoms with Gasteiger partial charge in [0, 0.05) is 16.0 Å². The molecule has 0 aliphatic carbocycles. The van der Waals surface area contributed by atoms with Gasteiger partial charge in [-0.25, -0.2) is 0 Å². The van der Waals surface area contributed by atoms with Crippen molar-refractivity contribution in [2.45, 2.75) is 0 Å². The number of carbonyl (C=O) groups excluding carboxylic acids is 1. The van der Waals surface area contributed by atoms with Gasteiger partial charge in [-0.15, -0.1) is 11.3 Å². The summed E-state index contributed by atoms with van der Waals surface area (Å²) in [5.41, 5.74) is 1.59. The zero-order valence-corrected chi connectivity index (χ0v) is 7.67. The number of hydrogen-bond acceptors (Lipinski definition) is 2. The van der Waals surface area contributed by atoms with Gasteiger partial charge in [0.15, 0.2) is 0 Å². The van der Waals surface area contributed by atoms with E-state index in [0.29, 0.717) is 5.56 Å². The van der Waals surface area contributed by atoms with E-state index in [4.69, 9.17) is 0 Å². The monoisotopic (exact) mass is 187 g/mol. The van der Waals surface area contributed by atoms with Gasteiger partial charge in [0.1, 0.15) is 0 Å². The molecule has 1 aromatic carbocycles. The fourth-order valence-corrected chi connectivity index (χ4v) is 1.98. The van der Waals surface area contributed by atoms with Crippen molar-refractivity contribution in [2.24, 2.45) is 0 Å². The molecule has 0 N–H and O–H groups in total. The van der Waals surface area contributed by atoms with Gasteiger partial charge in [-0.2, -0.15) is 0 Å². The third kappa shape index (κ3) is 1.53. The Kier molecular flexibility index (Phi) is 2.23. The molecular weight excluding hydrogens is 180 g/mol. The molecule has 0 aliphatic rings. The van der Waals surface area contributed by atoms with Crippen molar-refractivity contribution in [2.75, 3.05) is 0 Å². The molecule has 2 rings (SSSR count). The third-order valence-electron chi connectivity index (χ3n) is 1.82. The summed E-state index contributed by atoms with van der Waals surface area (Å²) in [6.07, 6.45) is 1.94. The van der Waals surface area contributed by atoms with Crippen LogP contribution in [0.15, 0.2) is 41.8 Å². The maximum Gasteiger partial charge on any atom is 0.234 e. The minimum absolute atomic E-state index is 0.630. The van der Waals surface area contributed by atoms with Crippen molar-refractivity contribution in [3.8, 4) is 10.4 Å². The van der Waals surface area contributed by atoms with Crippen molar-refractivity contribution in [3.05, 3.63) is 47.3 Å². The first-order valence-corrected chi connectivity index (χ1v) is 4.81. The van der Waals surface area contributed by atoms with Gasteiger partial charge >= 0.3 is 0 Å². The standard InChI is InChI=1S/C11H7OS/c12-8-9-4-1-2-5-10(9)11-6-3-7-13-11/h1-7H. The van der Waals surface area contributed by atoms with Crippen LogP contribution in [0.4, 0.5) is 0 Å². The molecule has 1 heterocycles. The molecule has 0 fully saturated rings. The molecule has 0 bridgehead atoms. The van der Waals surface area contributed by atoms with Gasteiger partial charge in [-0.05, 0) is 11.4 Å². The van der Waals surface area contributed by atoms with E-state index in [9.17, 15) is 4.79 Å². The van der Waals surface area contributed by atoms with Crippen LogP contribution in [0.3, 0.4) is 0 Å². The predicted octanol–water partition coefficient (Wildman–Crippen LogP) is 2.87. The van der Waals surface area contributed by atoms with Gasteiger partial charge in [0.05, 0.1) is 0 Å². The fraction of sp³-hybridized carbons (Fsp3) is 0. The molecule has 0 spiro atoms. The van der Waals surface area contributed by atoms with Crippen molar-refractivity contribution in [1.29, 1.82) is 0 Å². The van der Waals surface area contributed by atoms with E-state index >= 15 is 0 Å². The largest absolute Gasteiger partial charge is 0.285 e. The second-order valence-electron chi connectivity index (χ2n) is 2.62. The Balaban J connectivity index is 2.57. The topological polar surface area (TPSA) is 17.1 Å². The molecule has 1 aromatic heterocycles. The molecule has 1 radical (unpaired) electrons. The summed E-state index contributed by atoms with van der Waals surface area (Å²) in [4.78, 5) is 11.7. The highest BCUT2D eigenvalue weighted by molar-refractivity contribution is 7.13. The van der Waals surface area contributed by atoms with Crippen LogP contribution in [0.5, 0.6) is 0 Å². The van der Waals surface area contributed by atoms with Gasteiger partial charge in [-0.3, -0.25) is 4.79 Å². The highest BCUT2D eigenvalue weighted by Crippen LogP contribution is 2.26. The maximum absolute atomic E-state index is 10.6. The molecule has 0 saturated heterocycles. The van der Waals surface area contributed by atoms with Crippen molar-refractivity contribution in [3.63, 3.8) is 0 Å². The lowest BCUT2D eigenvalue weighted by molar-refractivity contribution is 0.563. The van der Waals surface area contributed by atoms with Crippen LogP contribution >= 0.6 is 11.3 Å². The first kappa shape index (κ1) is 8.20. The lowest BCUT2D eigenvalue weighted by Gasteiger charge is -1.98. The Labute approximate surface area is 80.7 Å². The van der Waals surface area contributed by atoms with Gasteiger partial charge < -0.3 is 0 Å². The van der Waals surface area contributed by atoms with E-state index in [2.05, 4.69) is 0 Å². The van der Waals surface area contributed by atoms with E-state index in [1.807, 2.05) is 42.0 Å². The van der Waals surface area contributed by atoms with Crippen LogP contribution in [0.1, 0.15) is 5.56 Å². The molecule has 1 nitrogen and oxygen atoms in total. The molecule has 0 amide bonds. The molecule has 63 valence electrons. The highest BCUT2D eigenvalue weighted by atomic mass is 32.1. The normalized spacial score (nSPS) is 9.85. The van der Waals surface area contributed by atoms with E-state index < -0.39 is 0 Å². The second-order valence-corrected chi connectivity index (χ2v) is 3.57. The van der Waals surface area contributed by atoms with Crippen molar-refractivity contribution < 1.29 is 4.79 Å². The molecule has 0 aliphatic heterocycles. The molecule has 13 heavy (non-hydrogen) atoms. The Morgan fingerprint density at radius 2 is 1.92 bits per heavy atom. The Bertz CT molecular complexity index is 404. The number of hydrogen-bond donors (Lipinski definition) is 0.